The molecule has 0 unspecified atom stereocenters. The molecule has 3 nitrogen and oxygen atoms in total. The number of hydrogen-bond donors (Lipinski definition) is 0. The fourth-order valence-corrected chi connectivity index (χ4v) is 11.8. The number of aromatic nitrogens is 1. The SMILES string of the molecule is O=c1c2ccccc2c2cccc3c2n1-c1ccccc1-c1ccccc1N(c1cccc2c1-c1ccccc1C21c2ccccc2-c2ccccc21)c1ccc(-c2ccccc2)cc1-3. The fraction of sp³-hybridized carbons (Fsp3) is 0.0161. The quantitative estimate of drug-likeness (QED) is 0.162. The predicted molar refractivity (Wildman–Crippen MR) is 268 cm³/mol. The summed E-state index contributed by atoms with van der Waals surface area (Å²) in [6, 6.07) is 83.3. The third-order valence-corrected chi connectivity index (χ3v) is 14.4. The number of benzene rings is 10. The summed E-state index contributed by atoms with van der Waals surface area (Å²) in [6.07, 6.45) is 0. The molecule has 1 aliphatic heterocycles. The van der Waals surface area contributed by atoms with Gasteiger partial charge in [0.1, 0.15) is 0 Å². The summed E-state index contributed by atoms with van der Waals surface area (Å²) in [7, 11) is 0. The molecule has 10 aromatic carbocycles. The van der Waals surface area contributed by atoms with E-state index in [1.54, 1.807) is 0 Å². The number of nitrogens with zero attached hydrogens (tertiary/aromatic N) is 2. The van der Waals surface area contributed by atoms with Crippen molar-refractivity contribution >= 4 is 38.7 Å². The van der Waals surface area contributed by atoms with Crippen LogP contribution >= 0.6 is 0 Å². The maximum absolute atomic E-state index is 15.3. The molecule has 0 amide bonds. The lowest BCUT2D eigenvalue weighted by Gasteiger charge is -2.34. The van der Waals surface area contributed by atoms with Crippen LogP contribution in [0.1, 0.15) is 22.3 Å². The minimum atomic E-state index is -0.509. The first-order valence-corrected chi connectivity index (χ1v) is 22.4. The highest BCUT2D eigenvalue weighted by atomic mass is 16.1. The van der Waals surface area contributed by atoms with Gasteiger partial charge >= 0.3 is 0 Å². The van der Waals surface area contributed by atoms with E-state index in [0.29, 0.717) is 5.39 Å². The van der Waals surface area contributed by atoms with E-state index in [1.807, 2.05) is 22.8 Å². The maximum Gasteiger partial charge on any atom is 0.263 e. The average Bonchev–Trinajstić information content (AvgIpc) is 3.85. The molecule has 11 aromatic rings. The first-order chi connectivity index (χ1) is 32.2. The topological polar surface area (TPSA) is 25.2 Å². The molecule has 14 rings (SSSR count). The highest BCUT2D eigenvalue weighted by Gasteiger charge is 2.52. The van der Waals surface area contributed by atoms with Gasteiger partial charge in [0.25, 0.3) is 5.56 Å². The Labute approximate surface area is 376 Å². The third-order valence-electron chi connectivity index (χ3n) is 14.4. The van der Waals surface area contributed by atoms with Crippen molar-refractivity contribution in [2.24, 2.45) is 0 Å². The van der Waals surface area contributed by atoms with Crippen LogP contribution in [-0.4, -0.2) is 4.57 Å². The van der Waals surface area contributed by atoms with E-state index in [0.717, 1.165) is 72.4 Å². The van der Waals surface area contributed by atoms with Crippen molar-refractivity contribution in [1.82, 2.24) is 4.57 Å². The zero-order chi connectivity index (χ0) is 42.8. The maximum atomic E-state index is 15.3. The van der Waals surface area contributed by atoms with Crippen LogP contribution < -0.4 is 10.5 Å². The smallest absolute Gasteiger partial charge is 0.263 e. The first kappa shape index (κ1) is 36.0. The number of para-hydroxylation sites is 3. The van der Waals surface area contributed by atoms with Crippen LogP contribution in [0.15, 0.2) is 235 Å². The van der Waals surface area contributed by atoms with Crippen molar-refractivity contribution in [2.75, 3.05) is 4.90 Å². The van der Waals surface area contributed by atoms with Gasteiger partial charge in [-0.2, -0.15) is 0 Å². The number of fused-ring (bicyclic) bond motifs is 18. The molecule has 2 heterocycles. The molecule has 0 saturated carbocycles. The van der Waals surface area contributed by atoms with Crippen LogP contribution in [0, 0.1) is 0 Å². The summed E-state index contributed by atoms with van der Waals surface area (Å²) >= 11 is 0. The van der Waals surface area contributed by atoms with E-state index in [4.69, 9.17) is 0 Å². The van der Waals surface area contributed by atoms with Crippen molar-refractivity contribution in [3.05, 3.63) is 263 Å². The molecule has 0 bridgehead atoms. The summed E-state index contributed by atoms with van der Waals surface area (Å²) in [4.78, 5) is 17.8. The van der Waals surface area contributed by atoms with Crippen molar-refractivity contribution < 1.29 is 0 Å². The van der Waals surface area contributed by atoms with Gasteiger partial charge in [-0.15, -0.1) is 0 Å². The number of hydrogen-bond acceptors (Lipinski definition) is 2. The second-order valence-corrected chi connectivity index (χ2v) is 17.4. The van der Waals surface area contributed by atoms with E-state index in [9.17, 15) is 0 Å². The predicted octanol–water partition coefficient (Wildman–Crippen LogP) is 15.3. The minimum absolute atomic E-state index is 0.0383. The van der Waals surface area contributed by atoms with Gasteiger partial charge in [-0.1, -0.05) is 194 Å². The lowest BCUT2D eigenvalue weighted by molar-refractivity contribution is 0.794. The molecule has 2 aliphatic carbocycles. The molecule has 1 aromatic heterocycles. The molecule has 0 radical (unpaired) electrons. The molecular weight excluding hydrogens is 789 g/mol. The Morgan fingerprint density at radius 3 is 1.54 bits per heavy atom. The summed E-state index contributed by atoms with van der Waals surface area (Å²) in [6.45, 7) is 0. The van der Waals surface area contributed by atoms with Gasteiger partial charge in [0, 0.05) is 38.6 Å². The van der Waals surface area contributed by atoms with Crippen molar-refractivity contribution in [2.45, 2.75) is 5.41 Å². The lowest BCUT2D eigenvalue weighted by atomic mass is 9.70. The molecule has 1 spiro atoms. The Morgan fingerprint density at radius 2 is 0.800 bits per heavy atom. The normalized spacial score (nSPS) is 13.4. The molecular formula is C62H38N2O. The van der Waals surface area contributed by atoms with Gasteiger partial charge in [0.2, 0.25) is 0 Å². The summed E-state index contributed by atoms with van der Waals surface area (Å²) in [5.74, 6) is 0. The number of anilines is 3. The Kier molecular flexibility index (Phi) is 7.47. The van der Waals surface area contributed by atoms with Gasteiger partial charge in [-0.05, 0) is 91.9 Å². The van der Waals surface area contributed by atoms with Gasteiger partial charge in [0.05, 0.1) is 33.7 Å². The average molecular weight is 827 g/mol. The highest BCUT2D eigenvalue weighted by molar-refractivity contribution is 6.14. The van der Waals surface area contributed by atoms with Crippen LogP contribution in [0.5, 0.6) is 0 Å². The summed E-state index contributed by atoms with van der Waals surface area (Å²) in [5.41, 5.74) is 20.8. The molecule has 3 heteroatoms. The lowest BCUT2D eigenvalue weighted by Crippen LogP contribution is -2.26. The second-order valence-electron chi connectivity index (χ2n) is 17.4. The summed E-state index contributed by atoms with van der Waals surface area (Å²) in [5, 5.41) is 2.66. The Morgan fingerprint density at radius 1 is 0.308 bits per heavy atom. The van der Waals surface area contributed by atoms with E-state index < -0.39 is 5.41 Å². The Hall–Kier alpha value is -8.53. The van der Waals surface area contributed by atoms with Crippen LogP contribution in [0.3, 0.4) is 0 Å². The first-order valence-electron chi connectivity index (χ1n) is 22.4. The van der Waals surface area contributed by atoms with Gasteiger partial charge < -0.3 is 4.90 Å². The van der Waals surface area contributed by atoms with E-state index >= 15 is 4.79 Å². The monoisotopic (exact) mass is 826 g/mol. The van der Waals surface area contributed by atoms with Crippen molar-refractivity contribution in [3.8, 4) is 61.3 Å². The molecule has 302 valence electrons. The van der Waals surface area contributed by atoms with Crippen molar-refractivity contribution in [3.63, 3.8) is 0 Å². The molecule has 0 fully saturated rings. The largest absolute Gasteiger partial charge is 0.309 e. The molecule has 3 aliphatic rings. The molecule has 65 heavy (non-hydrogen) atoms. The summed E-state index contributed by atoms with van der Waals surface area (Å²) < 4.78 is 1.99. The Balaban J connectivity index is 1.17. The number of rotatable bonds is 2. The molecule has 0 atom stereocenters. The zero-order valence-electron chi connectivity index (χ0n) is 35.2. The van der Waals surface area contributed by atoms with Gasteiger partial charge in [-0.3, -0.25) is 9.36 Å². The van der Waals surface area contributed by atoms with E-state index in [-0.39, 0.29) is 5.56 Å². The van der Waals surface area contributed by atoms with Crippen LogP contribution in [0.2, 0.25) is 0 Å². The minimum Gasteiger partial charge on any atom is -0.309 e. The number of pyridine rings is 1. The van der Waals surface area contributed by atoms with Gasteiger partial charge in [0.15, 0.2) is 0 Å². The fourth-order valence-electron chi connectivity index (χ4n) is 11.8. The third kappa shape index (κ3) is 4.76. The highest BCUT2D eigenvalue weighted by Crippen LogP contribution is 2.65. The van der Waals surface area contributed by atoms with Crippen LogP contribution in [-0.2, 0) is 5.41 Å². The molecule has 0 N–H and O–H groups in total. The van der Waals surface area contributed by atoms with Crippen molar-refractivity contribution in [1.29, 1.82) is 0 Å². The molecule has 0 saturated heterocycles. The van der Waals surface area contributed by atoms with E-state index in [2.05, 4.69) is 217 Å². The second kappa shape index (κ2) is 13.5. The Bertz CT molecular complexity index is 3830. The van der Waals surface area contributed by atoms with Crippen LogP contribution in [0.25, 0.3) is 83.0 Å². The van der Waals surface area contributed by atoms with Gasteiger partial charge in [-0.25, -0.2) is 0 Å². The van der Waals surface area contributed by atoms with E-state index in [1.165, 1.54) is 44.5 Å². The standard InChI is InChI=1S/C62H38N2O/c65-61-48-25-5-4-20-41(48)46-27-16-28-47-50-38-40(39-18-2-1-3-19-39)36-37-57(50)63(55-33-14-9-23-44(55)45-24-10-15-34-56(45)64(61)60(46)47)58-35-17-32-54-59(58)49-26-8-13-31-53(49)62(54)51-29-11-6-21-42(51)43-22-7-12-30-52(43)62/h1-38H. The van der Waals surface area contributed by atoms with Crippen LogP contribution in [0.4, 0.5) is 17.1 Å². The zero-order valence-corrected chi connectivity index (χ0v) is 35.2.